The number of amides is 1. The number of hydrogen-bond donors (Lipinski definition) is 3. The molecule has 2 rings (SSSR count). The van der Waals surface area contributed by atoms with Gasteiger partial charge in [-0.15, -0.1) is 0 Å². The van der Waals surface area contributed by atoms with Gasteiger partial charge in [-0.05, 0) is 58.7 Å². The van der Waals surface area contributed by atoms with Gasteiger partial charge in [-0.25, -0.2) is 4.79 Å². The third-order valence-corrected chi connectivity index (χ3v) is 5.08. The lowest BCUT2D eigenvalue weighted by atomic mass is 10.1. The standard InChI is InChI=1S/C23H39N5O3/c1-17(28-13-14-30-16-18(28)2)15-26-21(24-6)25-12-11-19-7-9-20(10-8-19)27-22(29)31-23(3,4)5/h7-10,17-18H,11-16H2,1-6H3,(H,27,29)(H2,24,25,26). The summed E-state index contributed by atoms with van der Waals surface area (Å²) in [6, 6.07) is 8.63. The van der Waals surface area contributed by atoms with Gasteiger partial charge in [0.05, 0.1) is 13.2 Å². The highest BCUT2D eigenvalue weighted by atomic mass is 16.6. The normalized spacial score (nSPS) is 18.9. The highest BCUT2D eigenvalue weighted by molar-refractivity contribution is 5.84. The molecule has 8 nitrogen and oxygen atoms in total. The van der Waals surface area contributed by atoms with E-state index in [1.165, 1.54) is 5.56 Å². The largest absolute Gasteiger partial charge is 0.444 e. The molecular weight excluding hydrogens is 394 g/mol. The van der Waals surface area contributed by atoms with Crippen molar-refractivity contribution in [2.45, 2.75) is 58.7 Å². The van der Waals surface area contributed by atoms with Gasteiger partial charge in [-0.1, -0.05) is 12.1 Å². The molecule has 0 aromatic heterocycles. The Morgan fingerprint density at radius 1 is 1.29 bits per heavy atom. The predicted octanol–water partition coefficient (Wildman–Crippen LogP) is 2.85. The molecule has 1 aromatic rings. The Bertz CT molecular complexity index is 715. The summed E-state index contributed by atoms with van der Waals surface area (Å²) in [7, 11) is 1.79. The Kier molecular flexibility index (Phi) is 9.58. The van der Waals surface area contributed by atoms with Gasteiger partial charge in [0.15, 0.2) is 5.96 Å². The van der Waals surface area contributed by atoms with Crippen molar-refractivity contribution in [1.82, 2.24) is 15.5 Å². The van der Waals surface area contributed by atoms with Crippen LogP contribution in [0.4, 0.5) is 10.5 Å². The molecule has 31 heavy (non-hydrogen) atoms. The third kappa shape index (κ3) is 9.14. The molecule has 2 atom stereocenters. The van der Waals surface area contributed by atoms with Crippen LogP contribution in [0.25, 0.3) is 0 Å². The summed E-state index contributed by atoms with van der Waals surface area (Å²) in [4.78, 5) is 18.6. The zero-order chi connectivity index (χ0) is 22.9. The summed E-state index contributed by atoms with van der Waals surface area (Å²) in [6.07, 6.45) is 0.404. The van der Waals surface area contributed by atoms with Crippen molar-refractivity contribution in [1.29, 1.82) is 0 Å². The topological polar surface area (TPSA) is 87.2 Å². The molecule has 0 radical (unpaired) electrons. The molecule has 0 saturated carbocycles. The number of ether oxygens (including phenoxy) is 2. The van der Waals surface area contributed by atoms with E-state index in [-0.39, 0.29) is 0 Å². The average Bonchev–Trinajstić information content (AvgIpc) is 2.70. The number of rotatable bonds is 7. The molecule has 0 bridgehead atoms. The molecule has 1 heterocycles. The van der Waals surface area contributed by atoms with Crippen LogP contribution in [0.15, 0.2) is 29.3 Å². The van der Waals surface area contributed by atoms with Crippen molar-refractivity contribution >= 4 is 17.7 Å². The SMILES string of the molecule is CN=C(NCCc1ccc(NC(=O)OC(C)(C)C)cc1)NCC(C)N1CCOCC1C. The number of morpholine rings is 1. The summed E-state index contributed by atoms with van der Waals surface area (Å²) in [5, 5.41) is 9.53. The summed E-state index contributed by atoms with van der Waals surface area (Å²) in [5.41, 5.74) is 1.38. The first kappa shape index (κ1) is 24.9. The Morgan fingerprint density at radius 3 is 2.61 bits per heavy atom. The molecule has 0 spiro atoms. The quantitative estimate of drug-likeness (QED) is 0.453. The van der Waals surface area contributed by atoms with E-state index in [1.807, 2.05) is 45.0 Å². The van der Waals surface area contributed by atoms with Gasteiger partial charge in [-0.2, -0.15) is 0 Å². The van der Waals surface area contributed by atoms with E-state index >= 15 is 0 Å². The maximum Gasteiger partial charge on any atom is 0.412 e. The molecule has 1 aromatic carbocycles. The molecule has 0 aliphatic carbocycles. The van der Waals surface area contributed by atoms with Crippen molar-refractivity contribution in [3.63, 3.8) is 0 Å². The molecule has 3 N–H and O–H groups in total. The van der Waals surface area contributed by atoms with E-state index in [0.29, 0.717) is 12.1 Å². The molecule has 8 heteroatoms. The summed E-state index contributed by atoms with van der Waals surface area (Å²) < 4.78 is 10.8. The third-order valence-electron chi connectivity index (χ3n) is 5.08. The fraction of sp³-hybridized carbons (Fsp3) is 0.652. The number of nitrogens with one attached hydrogen (secondary N) is 3. The van der Waals surface area contributed by atoms with Crippen molar-refractivity contribution in [3.05, 3.63) is 29.8 Å². The van der Waals surface area contributed by atoms with Gasteiger partial charge in [0.25, 0.3) is 0 Å². The average molecular weight is 434 g/mol. The lowest BCUT2D eigenvalue weighted by Crippen LogP contribution is -2.53. The Labute approximate surface area is 186 Å². The van der Waals surface area contributed by atoms with E-state index in [0.717, 1.165) is 50.9 Å². The first-order valence-electron chi connectivity index (χ1n) is 11.0. The molecule has 1 amide bonds. The summed E-state index contributed by atoms with van der Waals surface area (Å²) in [5.74, 6) is 0.802. The molecule has 174 valence electrons. The number of guanidine groups is 1. The molecule has 1 saturated heterocycles. The van der Waals surface area contributed by atoms with Crippen molar-refractivity contribution < 1.29 is 14.3 Å². The zero-order valence-electron chi connectivity index (χ0n) is 19.8. The maximum absolute atomic E-state index is 11.8. The fourth-order valence-corrected chi connectivity index (χ4v) is 3.48. The van der Waals surface area contributed by atoms with Gasteiger partial charge < -0.3 is 20.1 Å². The first-order valence-corrected chi connectivity index (χ1v) is 11.0. The Morgan fingerprint density at radius 2 is 2.00 bits per heavy atom. The number of nitrogens with zero attached hydrogens (tertiary/aromatic N) is 2. The lowest BCUT2D eigenvalue weighted by molar-refractivity contribution is -0.0174. The first-order chi connectivity index (χ1) is 14.7. The Hall–Kier alpha value is -2.32. The highest BCUT2D eigenvalue weighted by Crippen LogP contribution is 2.13. The van der Waals surface area contributed by atoms with Gasteiger partial charge in [-0.3, -0.25) is 15.2 Å². The number of hydrogen-bond acceptors (Lipinski definition) is 5. The minimum atomic E-state index is -0.513. The van der Waals surface area contributed by atoms with Gasteiger partial charge in [0.1, 0.15) is 5.60 Å². The number of benzene rings is 1. The van der Waals surface area contributed by atoms with E-state index in [4.69, 9.17) is 9.47 Å². The summed E-state index contributed by atoms with van der Waals surface area (Å²) in [6.45, 7) is 14.1. The number of carbonyl (C=O) groups is 1. The van der Waals surface area contributed by atoms with E-state index < -0.39 is 11.7 Å². The molecule has 2 unspecified atom stereocenters. The van der Waals surface area contributed by atoms with E-state index in [9.17, 15) is 4.79 Å². The predicted molar refractivity (Wildman–Crippen MR) is 126 cm³/mol. The lowest BCUT2D eigenvalue weighted by Gasteiger charge is -2.38. The number of carbonyl (C=O) groups excluding carboxylic acids is 1. The molecule has 1 aliphatic heterocycles. The van der Waals surface area contributed by atoms with Crippen molar-refractivity contribution in [2.75, 3.05) is 45.2 Å². The fourth-order valence-electron chi connectivity index (χ4n) is 3.48. The minimum absolute atomic E-state index is 0.405. The van der Waals surface area contributed by atoms with E-state index in [1.54, 1.807) is 7.05 Å². The number of aliphatic imine (C=N–C) groups is 1. The smallest absolute Gasteiger partial charge is 0.412 e. The van der Waals surface area contributed by atoms with Gasteiger partial charge in [0, 0.05) is 44.5 Å². The second kappa shape index (κ2) is 11.9. The highest BCUT2D eigenvalue weighted by Gasteiger charge is 2.23. The van der Waals surface area contributed by atoms with Crippen molar-refractivity contribution in [3.8, 4) is 0 Å². The van der Waals surface area contributed by atoms with Crippen LogP contribution in [0.3, 0.4) is 0 Å². The second-order valence-electron chi connectivity index (χ2n) is 8.96. The molecular formula is C23H39N5O3. The minimum Gasteiger partial charge on any atom is -0.444 e. The van der Waals surface area contributed by atoms with Crippen LogP contribution >= 0.6 is 0 Å². The van der Waals surface area contributed by atoms with Crippen LogP contribution in [0.1, 0.15) is 40.2 Å². The van der Waals surface area contributed by atoms with Gasteiger partial charge >= 0.3 is 6.09 Å². The van der Waals surface area contributed by atoms with Gasteiger partial charge in [0.2, 0.25) is 0 Å². The molecule has 1 aliphatic rings. The monoisotopic (exact) mass is 433 g/mol. The van der Waals surface area contributed by atoms with Crippen LogP contribution in [0.2, 0.25) is 0 Å². The van der Waals surface area contributed by atoms with E-state index in [2.05, 4.69) is 39.7 Å². The molecule has 1 fully saturated rings. The second-order valence-corrected chi connectivity index (χ2v) is 8.96. The maximum atomic E-state index is 11.8. The van der Waals surface area contributed by atoms with Crippen LogP contribution in [-0.4, -0.2) is 74.5 Å². The summed E-state index contributed by atoms with van der Waals surface area (Å²) >= 11 is 0. The Balaban J connectivity index is 1.71. The van der Waals surface area contributed by atoms with Crippen LogP contribution in [0, 0.1) is 0 Å². The van der Waals surface area contributed by atoms with Crippen molar-refractivity contribution in [2.24, 2.45) is 4.99 Å². The van der Waals surface area contributed by atoms with Crippen LogP contribution < -0.4 is 16.0 Å². The van der Waals surface area contributed by atoms with Crippen LogP contribution in [-0.2, 0) is 15.9 Å². The number of anilines is 1. The van der Waals surface area contributed by atoms with Crippen LogP contribution in [0.5, 0.6) is 0 Å². The zero-order valence-corrected chi connectivity index (χ0v) is 19.8.